The van der Waals surface area contributed by atoms with Gasteiger partial charge in [0.15, 0.2) is 0 Å². The Morgan fingerprint density at radius 1 is 1.21 bits per heavy atom. The van der Waals surface area contributed by atoms with Crippen LogP contribution in [0.1, 0.15) is 51.8 Å². The number of nitrogens with one attached hydrogen (secondary N) is 1. The quantitative estimate of drug-likeness (QED) is 0.882. The lowest BCUT2D eigenvalue weighted by Gasteiger charge is -2.28. The van der Waals surface area contributed by atoms with Crippen LogP contribution in [-0.2, 0) is 0 Å². The van der Waals surface area contributed by atoms with E-state index >= 15 is 0 Å². The van der Waals surface area contributed by atoms with Crippen molar-refractivity contribution in [3.8, 4) is 5.88 Å². The largest absolute Gasteiger partial charge is 0.478 e. The summed E-state index contributed by atoms with van der Waals surface area (Å²) in [5, 5.41) is 3.53. The Labute approximate surface area is 116 Å². The van der Waals surface area contributed by atoms with Gasteiger partial charge in [0.25, 0.3) is 0 Å². The minimum atomic E-state index is 0.548. The molecule has 1 heterocycles. The molecule has 0 saturated heterocycles. The highest BCUT2D eigenvalue weighted by Gasteiger charge is 2.20. The topological polar surface area (TPSA) is 47.0 Å². The molecule has 2 rings (SSSR count). The van der Waals surface area contributed by atoms with E-state index in [2.05, 4.69) is 22.2 Å². The smallest absolute Gasteiger partial charge is 0.218 e. The van der Waals surface area contributed by atoms with Gasteiger partial charge >= 0.3 is 0 Å². The van der Waals surface area contributed by atoms with Gasteiger partial charge in [0.05, 0.1) is 6.61 Å². The molecule has 0 atom stereocenters. The van der Waals surface area contributed by atoms with Crippen molar-refractivity contribution in [2.24, 2.45) is 5.92 Å². The van der Waals surface area contributed by atoms with Crippen LogP contribution in [0.3, 0.4) is 0 Å². The van der Waals surface area contributed by atoms with E-state index in [1.807, 2.05) is 19.9 Å². The number of aryl methyl sites for hydroxylation is 1. The van der Waals surface area contributed by atoms with Gasteiger partial charge in [0.1, 0.15) is 11.6 Å². The normalized spacial score (nSPS) is 23.1. The Morgan fingerprint density at radius 2 is 1.95 bits per heavy atom. The van der Waals surface area contributed by atoms with Crippen LogP contribution in [-0.4, -0.2) is 22.6 Å². The molecule has 0 bridgehead atoms. The fourth-order valence-corrected chi connectivity index (χ4v) is 2.76. The zero-order chi connectivity index (χ0) is 13.7. The van der Waals surface area contributed by atoms with E-state index < -0.39 is 0 Å². The summed E-state index contributed by atoms with van der Waals surface area (Å²) in [6.45, 7) is 6.80. The summed E-state index contributed by atoms with van der Waals surface area (Å²) in [7, 11) is 0. The molecule has 1 aliphatic rings. The van der Waals surface area contributed by atoms with Crippen LogP contribution < -0.4 is 10.1 Å². The first-order valence-electron chi connectivity index (χ1n) is 7.46. The van der Waals surface area contributed by atoms with E-state index in [9.17, 15) is 0 Å². The molecule has 4 heteroatoms. The first-order valence-corrected chi connectivity index (χ1v) is 7.46. The monoisotopic (exact) mass is 263 g/mol. The van der Waals surface area contributed by atoms with Gasteiger partial charge in [-0.1, -0.05) is 13.3 Å². The third kappa shape index (κ3) is 4.08. The third-order valence-corrected chi connectivity index (χ3v) is 3.88. The van der Waals surface area contributed by atoms with Gasteiger partial charge < -0.3 is 10.1 Å². The molecule has 19 heavy (non-hydrogen) atoms. The van der Waals surface area contributed by atoms with Crippen LogP contribution in [0.5, 0.6) is 5.88 Å². The maximum Gasteiger partial charge on any atom is 0.218 e. The maximum atomic E-state index is 5.46. The fourth-order valence-electron chi connectivity index (χ4n) is 2.76. The van der Waals surface area contributed by atoms with E-state index in [4.69, 9.17) is 4.74 Å². The number of nitrogens with zero attached hydrogens (tertiary/aromatic N) is 2. The van der Waals surface area contributed by atoms with Gasteiger partial charge in [0.2, 0.25) is 5.88 Å². The molecular formula is C15H25N3O. The standard InChI is InChI=1S/C15H25N3O/c1-4-12-6-8-13(9-7-12)18-14-10-15(19-5-2)17-11(3)16-14/h10,12-13H,4-9H2,1-3H3,(H,16,17,18). The molecule has 1 aliphatic carbocycles. The minimum Gasteiger partial charge on any atom is -0.478 e. The Balaban J connectivity index is 1.95. The van der Waals surface area contributed by atoms with Crippen LogP contribution in [0.25, 0.3) is 0 Å². The predicted octanol–water partition coefficient (Wildman–Crippen LogP) is 3.56. The number of anilines is 1. The highest BCUT2D eigenvalue weighted by molar-refractivity contribution is 5.39. The van der Waals surface area contributed by atoms with Gasteiger partial charge in [-0.3, -0.25) is 0 Å². The van der Waals surface area contributed by atoms with E-state index in [1.165, 1.54) is 32.1 Å². The third-order valence-electron chi connectivity index (χ3n) is 3.88. The summed E-state index contributed by atoms with van der Waals surface area (Å²) < 4.78 is 5.46. The Hall–Kier alpha value is -1.32. The second kappa shape index (κ2) is 6.73. The molecule has 0 radical (unpaired) electrons. The summed E-state index contributed by atoms with van der Waals surface area (Å²) in [5.74, 6) is 3.25. The maximum absolute atomic E-state index is 5.46. The molecule has 1 aromatic rings. The average molecular weight is 263 g/mol. The summed E-state index contributed by atoms with van der Waals surface area (Å²) in [4.78, 5) is 8.72. The van der Waals surface area contributed by atoms with Gasteiger partial charge in [-0.05, 0) is 45.4 Å². The zero-order valence-corrected chi connectivity index (χ0v) is 12.3. The molecule has 4 nitrogen and oxygen atoms in total. The zero-order valence-electron chi connectivity index (χ0n) is 12.3. The van der Waals surface area contributed by atoms with Crippen molar-refractivity contribution in [3.05, 3.63) is 11.9 Å². The summed E-state index contributed by atoms with van der Waals surface area (Å²) in [6, 6.07) is 2.45. The first kappa shape index (κ1) is 14.1. The predicted molar refractivity (Wildman–Crippen MR) is 77.6 cm³/mol. The lowest BCUT2D eigenvalue weighted by Crippen LogP contribution is -2.26. The first-order chi connectivity index (χ1) is 9.21. The number of hydrogen-bond acceptors (Lipinski definition) is 4. The molecule has 0 aromatic carbocycles. The second-order valence-corrected chi connectivity index (χ2v) is 5.34. The summed E-state index contributed by atoms with van der Waals surface area (Å²) >= 11 is 0. The molecule has 106 valence electrons. The summed E-state index contributed by atoms with van der Waals surface area (Å²) in [5.41, 5.74) is 0. The van der Waals surface area contributed by atoms with Crippen molar-refractivity contribution in [1.82, 2.24) is 9.97 Å². The van der Waals surface area contributed by atoms with Crippen LogP contribution in [0, 0.1) is 12.8 Å². The molecule has 0 spiro atoms. The molecule has 1 saturated carbocycles. The van der Waals surface area contributed by atoms with E-state index in [1.54, 1.807) is 0 Å². The Bertz CT molecular complexity index is 400. The van der Waals surface area contributed by atoms with E-state index in [0.29, 0.717) is 18.5 Å². The SMILES string of the molecule is CCOc1cc(NC2CCC(CC)CC2)nc(C)n1. The van der Waals surface area contributed by atoms with E-state index in [-0.39, 0.29) is 0 Å². The Kier molecular flexibility index (Phi) is 5.00. The number of rotatable bonds is 5. The highest BCUT2D eigenvalue weighted by Crippen LogP contribution is 2.28. The van der Waals surface area contributed by atoms with Crippen molar-refractivity contribution in [2.45, 2.75) is 58.9 Å². The minimum absolute atomic E-state index is 0.548. The van der Waals surface area contributed by atoms with Gasteiger partial charge in [-0.15, -0.1) is 0 Å². The second-order valence-electron chi connectivity index (χ2n) is 5.34. The average Bonchev–Trinajstić information content (AvgIpc) is 2.39. The molecule has 0 unspecified atom stereocenters. The van der Waals surface area contributed by atoms with Crippen molar-refractivity contribution in [2.75, 3.05) is 11.9 Å². The molecule has 0 aliphatic heterocycles. The van der Waals surface area contributed by atoms with Crippen molar-refractivity contribution in [3.63, 3.8) is 0 Å². The fraction of sp³-hybridized carbons (Fsp3) is 0.733. The lowest BCUT2D eigenvalue weighted by molar-refractivity contribution is 0.323. The van der Waals surface area contributed by atoms with Crippen LogP contribution in [0.2, 0.25) is 0 Å². The van der Waals surface area contributed by atoms with Crippen molar-refractivity contribution < 1.29 is 4.74 Å². The van der Waals surface area contributed by atoms with Crippen LogP contribution in [0.4, 0.5) is 5.82 Å². The number of ether oxygens (including phenoxy) is 1. The van der Waals surface area contributed by atoms with Crippen LogP contribution >= 0.6 is 0 Å². The molecule has 1 aromatic heterocycles. The Morgan fingerprint density at radius 3 is 2.58 bits per heavy atom. The van der Waals surface area contributed by atoms with Crippen molar-refractivity contribution >= 4 is 5.82 Å². The molecule has 1 N–H and O–H groups in total. The lowest BCUT2D eigenvalue weighted by atomic mass is 9.84. The van der Waals surface area contributed by atoms with Crippen molar-refractivity contribution in [1.29, 1.82) is 0 Å². The molecule has 1 fully saturated rings. The summed E-state index contributed by atoms with van der Waals surface area (Å²) in [6.07, 6.45) is 6.46. The van der Waals surface area contributed by atoms with Crippen LogP contribution in [0.15, 0.2) is 6.07 Å². The van der Waals surface area contributed by atoms with Gasteiger partial charge in [-0.25, -0.2) is 4.98 Å². The van der Waals surface area contributed by atoms with Gasteiger partial charge in [0, 0.05) is 12.1 Å². The number of aromatic nitrogens is 2. The highest BCUT2D eigenvalue weighted by atomic mass is 16.5. The molecule has 0 amide bonds. The van der Waals surface area contributed by atoms with Gasteiger partial charge in [-0.2, -0.15) is 4.98 Å². The molecular weight excluding hydrogens is 238 g/mol. The number of hydrogen-bond donors (Lipinski definition) is 1. The van der Waals surface area contributed by atoms with E-state index in [0.717, 1.165) is 17.6 Å².